The summed E-state index contributed by atoms with van der Waals surface area (Å²) < 4.78 is 16.4. The van der Waals surface area contributed by atoms with Crippen LogP contribution in [0.4, 0.5) is 4.79 Å². The molecule has 5 rings (SSSR count). The first-order valence-corrected chi connectivity index (χ1v) is 11.9. The van der Waals surface area contributed by atoms with Crippen LogP contribution in [0.15, 0.2) is 83.0 Å². The van der Waals surface area contributed by atoms with E-state index >= 15 is 0 Å². The van der Waals surface area contributed by atoms with Gasteiger partial charge in [-0.3, -0.25) is 4.90 Å². The molecule has 0 saturated heterocycles. The van der Waals surface area contributed by atoms with E-state index in [2.05, 4.69) is 10.5 Å². The molecule has 1 aliphatic heterocycles. The van der Waals surface area contributed by atoms with Crippen LogP contribution in [0.1, 0.15) is 35.5 Å². The smallest absolute Gasteiger partial charge is 0.322 e. The molecule has 1 aromatic heterocycles. The number of methoxy groups -OCH3 is 2. The largest absolute Gasteiger partial charge is 0.497 e. The second-order valence-corrected chi connectivity index (χ2v) is 8.88. The van der Waals surface area contributed by atoms with Crippen molar-refractivity contribution in [1.82, 2.24) is 20.4 Å². The molecule has 0 aliphatic carbocycles. The van der Waals surface area contributed by atoms with Gasteiger partial charge in [0.05, 0.1) is 32.4 Å². The second kappa shape index (κ2) is 10.2. The van der Waals surface area contributed by atoms with E-state index in [1.165, 1.54) is 0 Å². The standard InChI is InChI=1S/C29H28N4O4/c1-18-6-5-7-22(16-18)27-31-28(37-32-27)25-19(2)33(17-20-8-12-23(35-3)13-9-20)29(34)30-26(25)21-10-14-24(36-4)15-11-21/h5-16,26H,17H2,1-4H3,(H,30,34). The molecule has 0 radical (unpaired) electrons. The summed E-state index contributed by atoms with van der Waals surface area (Å²) in [5.41, 5.74) is 5.28. The van der Waals surface area contributed by atoms with Crippen LogP contribution in [0.3, 0.4) is 0 Å². The molecule has 1 aliphatic rings. The Kier molecular flexibility index (Phi) is 6.64. The number of carbonyl (C=O) groups excluding carboxylic acids is 1. The molecule has 1 N–H and O–H groups in total. The third kappa shape index (κ3) is 4.91. The van der Waals surface area contributed by atoms with Crippen molar-refractivity contribution >= 4 is 11.6 Å². The minimum Gasteiger partial charge on any atom is -0.497 e. The van der Waals surface area contributed by atoms with Gasteiger partial charge in [0, 0.05) is 11.3 Å². The van der Waals surface area contributed by atoms with E-state index in [9.17, 15) is 4.79 Å². The van der Waals surface area contributed by atoms with Crippen molar-refractivity contribution in [3.63, 3.8) is 0 Å². The molecule has 2 amide bonds. The molecule has 8 nitrogen and oxygen atoms in total. The molecular weight excluding hydrogens is 468 g/mol. The molecule has 4 aromatic rings. The van der Waals surface area contributed by atoms with E-state index in [1.54, 1.807) is 19.1 Å². The monoisotopic (exact) mass is 496 g/mol. The Labute approximate surface area is 215 Å². The SMILES string of the molecule is COc1ccc(CN2C(=O)NC(c3ccc(OC)cc3)C(c3nc(-c4cccc(C)c4)no3)=C2C)cc1. The van der Waals surface area contributed by atoms with Gasteiger partial charge in [-0.25, -0.2) is 4.79 Å². The van der Waals surface area contributed by atoms with Gasteiger partial charge in [0.25, 0.3) is 5.89 Å². The van der Waals surface area contributed by atoms with E-state index in [4.69, 9.17) is 19.0 Å². The third-order valence-corrected chi connectivity index (χ3v) is 6.48. The van der Waals surface area contributed by atoms with E-state index in [1.807, 2.05) is 86.6 Å². The Morgan fingerprint density at radius 2 is 1.62 bits per heavy atom. The maximum atomic E-state index is 13.3. The summed E-state index contributed by atoms with van der Waals surface area (Å²) in [6.07, 6.45) is 0. The Morgan fingerprint density at radius 1 is 0.946 bits per heavy atom. The van der Waals surface area contributed by atoms with Crippen LogP contribution in [-0.2, 0) is 6.54 Å². The lowest BCUT2D eigenvalue weighted by Crippen LogP contribution is -2.45. The van der Waals surface area contributed by atoms with Crippen molar-refractivity contribution in [1.29, 1.82) is 0 Å². The van der Waals surface area contributed by atoms with Gasteiger partial charge >= 0.3 is 6.03 Å². The molecule has 188 valence electrons. The van der Waals surface area contributed by atoms with E-state index in [-0.39, 0.29) is 6.03 Å². The van der Waals surface area contributed by atoms with Gasteiger partial charge < -0.3 is 19.3 Å². The van der Waals surface area contributed by atoms with Gasteiger partial charge in [-0.05, 0) is 55.3 Å². The molecule has 2 heterocycles. The minimum absolute atomic E-state index is 0.212. The predicted octanol–water partition coefficient (Wildman–Crippen LogP) is 5.76. The average Bonchev–Trinajstić information content (AvgIpc) is 3.41. The number of nitrogens with zero attached hydrogens (tertiary/aromatic N) is 3. The highest BCUT2D eigenvalue weighted by Gasteiger charge is 2.35. The molecule has 1 atom stereocenters. The number of hydrogen-bond donors (Lipinski definition) is 1. The first kappa shape index (κ1) is 24.1. The first-order chi connectivity index (χ1) is 18.0. The highest BCUT2D eigenvalue weighted by molar-refractivity contribution is 5.87. The van der Waals surface area contributed by atoms with Gasteiger partial charge in [0.2, 0.25) is 5.82 Å². The summed E-state index contributed by atoms with van der Waals surface area (Å²) in [4.78, 5) is 19.8. The zero-order valence-corrected chi connectivity index (χ0v) is 21.2. The van der Waals surface area contributed by atoms with Crippen LogP contribution in [-0.4, -0.2) is 35.3 Å². The average molecular weight is 497 g/mol. The fourth-order valence-electron chi connectivity index (χ4n) is 4.44. The third-order valence-electron chi connectivity index (χ3n) is 6.48. The van der Waals surface area contributed by atoms with Crippen LogP contribution in [0, 0.1) is 6.92 Å². The number of rotatable bonds is 7. The lowest BCUT2D eigenvalue weighted by molar-refractivity contribution is 0.203. The number of aryl methyl sites for hydroxylation is 1. The summed E-state index contributed by atoms with van der Waals surface area (Å²) >= 11 is 0. The normalized spacial score (nSPS) is 15.5. The first-order valence-electron chi connectivity index (χ1n) is 11.9. The Balaban J connectivity index is 1.57. The number of amides is 2. The maximum absolute atomic E-state index is 13.3. The topological polar surface area (TPSA) is 89.7 Å². The molecular formula is C29H28N4O4. The second-order valence-electron chi connectivity index (χ2n) is 8.88. The molecule has 0 fully saturated rings. The van der Waals surface area contributed by atoms with Gasteiger partial charge in [-0.15, -0.1) is 0 Å². The van der Waals surface area contributed by atoms with E-state index < -0.39 is 6.04 Å². The lowest BCUT2D eigenvalue weighted by Gasteiger charge is -2.35. The molecule has 0 spiro atoms. The van der Waals surface area contributed by atoms with E-state index in [0.717, 1.165) is 45.0 Å². The Bertz CT molecular complexity index is 1440. The summed E-state index contributed by atoms with van der Waals surface area (Å²) in [6.45, 7) is 4.30. The quantitative estimate of drug-likeness (QED) is 0.350. The maximum Gasteiger partial charge on any atom is 0.322 e. The number of hydrogen-bond acceptors (Lipinski definition) is 6. The lowest BCUT2D eigenvalue weighted by atomic mass is 9.94. The fraction of sp³-hybridized carbons (Fsp3) is 0.207. The fourth-order valence-corrected chi connectivity index (χ4v) is 4.44. The van der Waals surface area contributed by atoms with Crippen molar-refractivity contribution in [2.24, 2.45) is 0 Å². The minimum atomic E-state index is -0.476. The molecule has 0 bridgehead atoms. The van der Waals surface area contributed by atoms with Gasteiger partial charge in [0.1, 0.15) is 11.5 Å². The molecule has 37 heavy (non-hydrogen) atoms. The molecule has 3 aromatic carbocycles. The Morgan fingerprint density at radius 3 is 2.27 bits per heavy atom. The highest BCUT2D eigenvalue weighted by Crippen LogP contribution is 2.38. The number of carbonyl (C=O) groups is 1. The number of ether oxygens (including phenoxy) is 2. The summed E-state index contributed by atoms with van der Waals surface area (Å²) in [5, 5.41) is 7.39. The summed E-state index contributed by atoms with van der Waals surface area (Å²) in [6, 6.07) is 22.5. The zero-order valence-electron chi connectivity index (χ0n) is 21.2. The number of urea groups is 1. The van der Waals surface area contributed by atoms with Crippen LogP contribution in [0.2, 0.25) is 0 Å². The molecule has 0 saturated carbocycles. The van der Waals surface area contributed by atoms with E-state index in [0.29, 0.717) is 18.3 Å². The highest BCUT2D eigenvalue weighted by atomic mass is 16.5. The van der Waals surface area contributed by atoms with Gasteiger partial charge in [-0.1, -0.05) is 53.2 Å². The van der Waals surface area contributed by atoms with Crippen molar-refractivity contribution in [2.75, 3.05) is 14.2 Å². The zero-order chi connectivity index (χ0) is 25.9. The van der Waals surface area contributed by atoms with Gasteiger partial charge in [0.15, 0.2) is 0 Å². The van der Waals surface area contributed by atoms with Crippen LogP contribution < -0.4 is 14.8 Å². The van der Waals surface area contributed by atoms with Crippen LogP contribution in [0.25, 0.3) is 17.0 Å². The van der Waals surface area contributed by atoms with Crippen molar-refractivity contribution < 1.29 is 18.8 Å². The summed E-state index contributed by atoms with van der Waals surface area (Å²) in [5.74, 6) is 2.34. The van der Waals surface area contributed by atoms with Crippen LogP contribution >= 0.6 is 0 Å². The number of allylic oxidation sites excluding steroid dienone is 1. The van der Waals surface area contributed by atoms with Crippen molar-refractivity contribution in [3.8, 4) is 22.9 Å². The number of nitrogens with one attached hydrogen (secondary N) is 1. The van der Waals surface area contributed by atoms with Crippen molar-refractivity contribution in [3.05, 3.63) is 101 Å². The van der Waals surface area contributed by atoms with Crippen molar-refractivity contribution in [2.45, 2.75) is 26.4 Å². The van der Waals surface area contributed by atoms with Gasteiger partial charge in [-0.2, -0.15) is 4.98 Å². The molecule has 1 unspecified atom stereocenters. The number of aromatic nitrogens is 2. The predicted molar refractivity (Wildman–Crippen MR) is 140 cm³/mol. The molecule has 8 heteroatoms. The van der Waals surface area contributed by atoms with Crippen LogP contribution in [0.5, 0.6) is 11.5 Å². The Hall–Kier alpha value is -4.59. The summed E-state index contributed by atoms with van der Waals surface area (Å²) in [7, 11) is 3.25. The number of benzene rings is 3.